The molecule has 0 saturated carbocycles. The molecule has 2 aromatic rings. The molecule has 0 unspecified atom stereocenters. The van der Waals surface area contributed by atoms with E-state index in [-0.39, 0.29) is 18.2 Å². The Labute approximate surface area is 144 Å². The van der Waals surface area contributed by atoms with Crippen LogP contribution in [0, 0.1) is 5.92 Å². The van der Waals surface area contributed by atoms with E-state index in [0.717, 1.165) is 0 Å². The molecule has 7 heteroatoms. The fourth-order valence-electron chi connectivity index (χ4n) is 2.72. The van der Waals surface area contributed by atoms with Crippen molar-refractivity contribution >= 4 is 29.1 Å². The number of carbonyl (C=O) groups is 2. The molecule has 126 valence electrons. The van der Waals surface area contributed by atoms with E-state index in [9.17, 15) is 9.59 Å². The molecule has 1 N–H and O–H groups in total. The van der Waals surface area contributed by atoms with E-state index in [2.05, 4.69) is 5.32 Å². The summed E-state index contributed by atoms with van der Waals surface area (Å²) in [7, 11) is 1.53. The molecule has 2 amide bonds. The van der Waals surface area contributed by atoms with Crippen molar-refractivity contribution in [1.82, 2.24) is 5.32 Å². The highest BCUT2D eigenvalue weighted by Gasteiger charge is 2.36. The van der Waals surface area contributed by atoms with Crippen LogP contribution in [0.4, 0.5) is 5.69 Å². The van der Waals surface area contributed by atoms with Crippen molar-refractivity contribution in [2.75, 3.05) is 18.6 Å². The third kappa shape index (κ3) is 3.38. The predicted octanol–water partition coefficient (Wildman–Crippen LogP) is 2.61. The van der Waals surface area contributed by atoms with Gasteiger partial charge >= 0.3 is 0 Å². The van der Waals surface area contributed by atoms with E-state index in [1.165, 1.54) is 7.11 Å². The first-order valence-electron chi connectivity index (χ1n) is 7.52. The molecule has 0 spiro atoms. The van der Waals surface area contributed by atoms with E-state index in [1.54, 1.807) is 41.5 Å². The normalized spacial score (nSPS) is 17.2. The topological polar surface area (TPSA) is 71.8 Å². The molecular weight excluding hydrogens is 332 g/mol. The quantitative estimate of drug-likeness (QED) is 0.901. The second-order valence-corrected chi connectivity index (χ2v) is 5.96. The van der Waals surface area contributed by atoms with Gasteiger partial charge in [-0.3, -0.25) is 9.59 Å². The lowest BCUT2D eigenvalue weighted by Crippen LogP contribution is -2.32. The minimum Gasteiger partial charge on any atom is -0.495 e. The van der Waals surface area contributed by atoms with Gasteiger partial charge in [-0.2, -0.15) is 0 Å². The largest absolute Gasteiger partial charge is 0.495 e. The molecule has 1 aromatic heterocycles. The van der Waals surface area contributed by atoms with Gasteiger partial charge in [-0.1, -0.05) is 11.6 Å². The van der Waals surface area contributed by atoms with Gasteiger partial charge in [0.05, 0.1) is 31.5 Å². The zero-order valence-electron chi connectivity index (χ0n) is 13.1. The third-order valence-electron chi connectivity index (χ3n) is 3.94. The van der Waals surface area contributed by atoms with Crippen LogP contribution >= 0.6 is 11.6 Å². The van der Waals surface area contributed by atoms with Gasteiger partial charge in [-0.05, 0) is 30.3 Å². The molecule has 6 nitrogen and oxygen atoms in total. The van der Waals surface area contributed by atoms with Crippen LogP contribution in [0.15, 0.2) is 41.0 Å². The van der Waals surface area contributed by atoms with Gasteiger partial charge in [-0.15, -0.1) is 0 Å². The van der Waals surface area contributed by atoms with Crippen LogP contribution in [0.5, 0.6) is 5.75 Å². The standard InChI is InChI=1S/C17H17ClN2O4/c1-23-15-5-4-12(18)8-14(15)20-10-11(7-16(20)21)17(22)19-9-13-3-2-6-24-13/h2-6,8,11H,7,9-10H2,1H3,(H,19,22)/t11-/m0/s1. The first-order valence-corrected chi connectivity index (χ1v) is 7.90. The Kier molecular flexibility index (Phi) is 4.76. The Hall–Kier alpha value is -2.47. The van der Waals surface area contributed by atoms with E-state index in [0.29, 0.717) is 35.3 Å². The second-order valence-electron chi connectivity index (χ2n) is 5.52. The molecule has 1 aliphatic rings. The molecule has 2 heterocycles. The number of rotatable bonds is 5. The summed E-state index contributed by atoms with van der Waals surface area (Å²) in [6, 6.07) is 8.60. The number of nitrogens with one attached hydrogen (secondary N) is 1. The average Bonchev–Trinajstić information content (AvgIpc) is 3.22. The number of carbonyl (C=O) groups excluding carboxylic acids is 2. The molecule has 0 radical (unpaired) electrons. The van der Waals surface area contributed by atoms with E-state index in [1.807, 2.05) is 0 Å². The molecule has 3 rings (SSSR count). The van der Waals surface area contributed by atoms with Crippen molar-refractivity contribution in [3.63, 3.8) is 0 Å². The van der Waals surface area contributed by atoms with Gasteiger partial charge in [0.1, 0.15) is 11.5 Å². The highest BCUT2D eigenvalue weighted by atomic mass is 35.5. The van der Waals surface area contributed by atoms with Crippen molar-refractivity contribution in [2.24, 2.45) is 5.92 Å². The molecule has 1 atom stereocenters. The number of nitrogens with zero attached hydrogens (tertiary/aromatic N) is 1. The summed E-state index contributed by atoms with van der Waals surface area (Å²) in [5.41, 5.74) is 0.580. The van der Waals surface area contributed by atoms with E-state index >= 15 is 0 Å². The highest BCUT2D eigenvalue weighted by Crippen LogP contribution is 2.35. The monoisotopic (exact) mass is 348 g/mol. The number of methoxy groups -OCH3 is 1. The Morgan fingerprint density at radius 2 is 2.29 bits per heavy atom. The van der Waals surface area contributed by atoms with Gasteiger partial charge in [0.2, 0.25) is 11.8 Å². The van der Waals surface area contributed by atoms with Crippen LogP contribution in [-0.2, 0) is 16.1 Å². The van der Waals surface area contributed by atoms with Crippen LogP contribution in [0.25, 0.3) is 0 Å². The maximum Gasteiger partial charge on any atom is 0.227 e. The average molecular weight is 349 g/mol. The molecule has 0 aliphatic carbocycles. The molecule has 1 aliphatic heterocycles. The summed E-state index contributed by atoms with van der Waals surface area (Å²) in [6.45, 7) is 0.594. The maximum atomic E-state index is 12.3. The fraction of sp³-hybridized carbons (Fsp3) is 0.294. The maximum absolute atomic E-state index is 12.3. The number of hydrogen-bond acceptors (Lipinski definition) is 4. The van der Waals surface area contributed by atoms with Gasteiger partial charge in [-0.25, -0.2) is 0 Å². The SMILES string of the molecule is COc1ccc(Cl)cc1N1C[C@@H](C(=O)NCc2ccco2)CC1=O. The zero-order chi connectivity index (χ0) is 17.1. The van der Waals surface area contributed by atoms with Gasteiger partial charge in [0.15, 0.2) is 0 Å². The lowest BCUT2D eigenvalue weighted by molar-refractivity contribution is -0.126. The van der Waals surface area contributed by atoms with Crippen molar-refractivity contribution < 1.29 is 18.7 Å². The van der Waals surface area contributed by atoms with Crippen LogP contribution in [0.1, 0.15) is 12.2 Å². The van der Waals surface area contributed by atoms with Crippen molar-refractivity contribution in [3.05, 3.63) is 47.4 Å². The highest BCUT2D eigenvalue weighted by molar-refractivity contribution is 6.31. The van der Waals surface area contributed by atoms with Crippen molar-refractivity contribution in [2.45, 2.75) is 13.0 Å². The van der Waals surface area contributed by atoms with Crippen LogP contribution in [0.2, 0.25) is 5.02 Å². The summed E-state index contributed by atoms with van der Waals surface area (Å²) in [5, 5.41) is 3.29. The summed E-state index contributed by atoms with van der Waals surface area (Å²) in [6.07, 6.45) is 1.70. The summed E-state index contributed by atoms with van der Waals surface area (Å²) < 4.78 is 10.5. The first kappa shape index (κ1) is 16.4. The first-order chi connectivity index (χ1) is 11.6. The molecule has 1 saturated heterocycles. The smallest absolute Gasteiger partial charge is 0.227 e. The Morgan fingerprint density at radius 3 is 3.00 bits per heavy atom. The summed E-state index contributed by atoms with van der Waals surface area (Å²) in [4.78, 5) is 26.2. The van der Waals surface area contributed by atoms with Crippen molar-refractivity contribution in [1.29, 1.82) is 0 Å². The van der Waals surface area contributed by atoms with E-state index < -0.39 is 5.92 Å². The van der Waals surface area contributed by atoms with Crippen LogP contribution < -0.4 is 15.0 Å². The minimum atomic E-state index is -0.420. The lowest BCUT2D eigenvalue weighted by atomic mass is 10.1. The number of anilines is 1. The number of amides is 2. The molecule has 0 bridgehead atoms. The van der Waals surface area contributed by atoms with Gasteiger partial charge in [0.25, 0.3) is 0 Å². The zero-order valence-corrected chi connectivity index (χ0v) is 13.9. The Bertz CT molecular complexity index is 745. The van der Waals surface area contributed by atoms with Gasteiger partial charge < -0.3 is 19.4 Å². The lowest BCUT2D eigenvalue weighted by Gasteiger charge is -2.19. The molecule has 24 heavy (non-hydrogen) atoms. The predicted molar refractivity (Wildman–Crippen MR) is 89.0 cm³/mol. The molecule has 1 aromatic carbocycles. The molecular formula is C17H17ClN2O4. The van der Waals surface area contributed by atoms with Crippen LogP contribution in [0.3, 0.4) is 0 Å². The molecule has 1 fully saturated rings. The van der Waals surface area contributed by atoms with Crippen LogP contribution in [-0.4, -0.2) is 25.5 Å². The summed E-state index contributed by atoms with van der Waals surface area (Å²) >= 11 is 6.02. The number of hydrogen-bond donors (Lipinski definition) is 1. The number of halogens is 1. The van der Waals surface area contributed by atoms with Gasteiger partial charge in [0, 0.05) is 18.0 Å². The summed E-state index contributed by atoms with van der Waals surface area (Å²) in [5.74, 6) is 0.485. The Balaban J connectivity index is 1.69. The fourth-order valence-corrected chi connectivity index (χ4v) is 2.89. The third-order valence-corrected chi connectivity index (χ3v) is 4.18. The van der Waals surface area contributed by atoms with Crippen molar-refractivity contribution in [3.8, 4) is 5.75 Å². The second kappa shape index (κ2) is 6.97. The number of ether oxygens (including phenoxy) is 1. The number of benzene rings is 1. The Morgan fingerprint density at radius 1 is 1.46 bits per heavy atom. The van der Waals surface area contributed by atoms with E-state index in [4.69, 9.17) is 20.8 Å². The number of furan rings is 1. The minimum absolute atomic E-state index is 0.131.